The standard InChI is InChI=1S/C9H17NO3/c1-9(6-10,4-8(11)12)7-2-3-13-5-7/h7H,2-6,10H2,1H3,(H,11,12). The van der Waals surface area contributed by atoms with E-state index in [1.165, 1.54) is 0 Å². The molecule has 0 aromatic carbocycles. The molecule has 1 aliphatic heterocycles. The lowest BCUT2D eigenvalue weighted by atomic mass is 9.74. The van der Waals surface area contributed by atoms with Crippen LogP contribution in [-0.4, -0.2) is 30.8 Å². The third-order valence-electron chi connectivity index (χ3n) is 2.94. The van der Waals surface area contributed by atoms with Crippen molar-refractivity contribution in [2.75, 3.05) is 19.8 Å². The van der Waals surface area contributed by atoms with E-state index in [-0.39, 0.29) is 11.8 Å². The molecule has 0 bridgehead atoms. The van der Waals surface area contributed by atoms with Gasteiger partial charge in [0.25, 0.3) is 0 Å². The molecule has 0 aliphatic carbocycles. The number of hydrogen-bond donors (Lipinski definition) is 2. The van der Waals surface area contributed by atoms with Crippen LogP contribution in [0.4, 0.5) is 0 Å². The van der Waals surface area contributed by atoms with E-state index in [1.54, 1.807) is 0 Å². The summed E-state index contributed by atoms with van der Waals surface area (Å²) in [5.74, 6) is -0.478. The Hall–Kier alpha value is -0.610. The first-order valence-electron chi connectivity index (χ1n) is 4.58. The van der Waals surface area contributed by atoms with Gasteiger partial charge in [0.1, 0.15) is 0 Å². The molecule has 1 fully saturated rings. The minimum atomic E-state index is -0.778. The van der Waals surface area contributed by atoms with Crippen LogP contribution in [0.2, 0.25) is 0 Å². The molecule has 0 saturated carbocycles. The summed E-state index contributed by atoms with van der Waals surface area (Å²) in [5.41, 5.74) is 5.31. The molecule has 2 atom stereocenters. The van der Waals surface area contributed by atoms with Crippen LogP contribution in [0.3, 0.4) is 0 Å². The SMILES string of the molecule is CC(CN)(CC(=O)O)C1CCOC1. The molecule has 76 valence electrons. The second-order valence-corrected chi connectivity index (χ2v) is 3.99. The van der Waals surface area contributed by atoms with Crippen LogP contribution in [0.25, 0.3) is 0 Å². The van der Waals surface area contributed by atoms with Gasteiger partial charge in [0, 0.05) is 6.61 Å². The van der Waals surface area contributed by atoms with Gasteiger partial charge in [-0.1, -0.05) is 6.92 Å². The first kappa shape index (κ1) is 10.5. The van der Waals surface area contributed by atoms with Gasteiger partial charge >= 0.3 is 5.97 Å². The highest BCUT2D eigenvalue weighted by molar-refractivity contribution is 5.67. The summed E-state index contributed by atoms with van der Waals surface area (Å²) >= 11 is 0. The van der Waals surface area contributed by atoms with Crippen LogP contribution in [0, 0.1) is 11.3 Å². The van der Waals surface area contributed by atoms with Crippen LogP contribution < -0.4 is 5.73 Å². The van der Waals surface area contributed by atoms with Crippen molar-refractivity contribution in [2.24, 2.45) is 17.1 Å². The quantitative estimate of drug-likeness (QED) is 0.670. The summed E-state index contributed by atoms with van der Waals surface area (Å²) in [6.45, 7) is 3.73. The average Bonchev–Trinajstić information content (AvgIpc) is 2.55. The fourth-order valence-electron chi connectivity index (χ4n) is 1.81. The number of nitrogens with two attached hydrogens (primary N) is 1. The topological polar surface area (TPSA) is 72.6 Å². The summed E-state index contributed by atoms with van der Waals surface area (Å²) < 4.78 is 5.24. The Bertz CT molecular complexity index is 189. The molecule has 3 N–H and O–H groups in total. The minimum absolute atomic E-state index is 0.136. The molecule has 0 aromatic rings. The molecule has 1 aliphatic rings. The summed E-state index contributed by atoms with van der Waals surface area (Å²) in [7, 11) is 0. The molecule has 1 saturated heterocycles. The van der Waals surface area contributed by atoms with E-state index in [1.807, 2.05) is 6.92 Å². The lowest BCUT2D eigenvalue weighted by Gasteiger charge is -2.31. The number of ether oxygens (including phenoxy) is 1. The Kier molecular flexibility index (Phi) is 3.27. The van der Waals surface area contributed by atoms with E-state index in [4.69, 9.17) is 15.6 Å². The highest BCUT2D eigenvalue weighted by atomic mass is 16.5. The Balaban J connectivity index is 2.61. The molecule has 4 nitrogen and oxygen atoms in total. The summed E-state index contributed by atoms with van der Waals surface area (Å²) in [4.78, 5) is 10.6. The van der Waals surface area contributed by atoms with E-state index in [2.05, 4.69) is 0 Å². The maximum Gasteiger partial charge on any atom is 0.303 e. The van der Waals surface area contributed by atoms with Crippen LogP contribution in [0.15, 0.2) is 0 Å². The van der Waals surface area contributed by atoms with Crippen molar-refractivity contribution in [3.63, 3.8) is 0 Å². The first-order valence-corrected chi connectivity index (χ1v) is 4.58. The third kappa shape index (κ3) is 2.42. The Labute approximate surface area is 78.1 Å². The zero-order valence-electron chi connectivity index (χ0n) is 7.95. The minimum Gasteiger partial charge on any atom is -0.481 e. The third-order valence-corrected chi connectivity index (χ3v) is 2.94. The first-order chi connectivity index (χ1) is 6.08. The van der Waals surface area contributed by atoms with Crippen molar-refractivity contribution in [3.05, 3.63) is 0 Å². The second kappa shape index (κ2) is 4.07. The van der Waals surface area contributed by atoms with Crippen molar-refractivity contribution in [2.45, 2.75) is 19.8 Å². The second-order valence-electron chi connectivity index (χ2n) is 3.99. The van der Waals surface area contributed by atoms with Crippen LogP contribution in [0.1, 0.15) is 19.8 Å². The van der Waals surface area contributed by atoms with Crippen molar-refractivity contribution < 1.29 is 14.6 Å². The molecule has 13 heavy (non-hydrogen) atoms. The fourth-order valence-corrected chi connectivity index (χ4v) is 1.81. The number of rotatable bonds is 4. The monoisotopic (exact) mass is 187 g/mol. The van der Waals surface area contributed by atoms with E-state index in [0.717, 1.165) is 13.0 Å². The highest BCUT2D eigenvalue weighted by Crippen LogP contribution is 2.35. The largest absolute Gasteiger partial charge is 0.481 e. The fraction of sp³-hybridized carbons (Fsp3) is 0.889. The Morgan fingerprint density at radius 3 is 2.85 bits per heavy atom. The van der Waals surface area contributed by atoms with Gasteiger partial charge < -0.3 is 15.6 Å². The Morgan fingerprint density at radius 2 is 2.46 bits per heavy atom. The van der Waals surface area contributed by atoms with Crippen LogP contribution in [0.5, 0.6) is 0 Å². The molecule has 0 aromatic heterocycles. The van der Waals surface area contributed by atoms with Gasteiger partial charge in [-0.3, -0.25) is 4.79 Å². The molecule has 2 unspecified atom stereocenters. The van der Waals surface area contributed by atoms with Crippen molar-refractivity contribution in [1.29, 1.82) is 0 Å². The summed E-state index contributed by atoms with van der Waals surface area (Å²) in [5, 5.41) is 8.74. The van der Waals surface area contributed by atoms with Gasteiger partial charge in [-0.25, -0.2) is 0 Å². The van der Waals surface area contributed by atoms with Gasteiger partial charge in [0.05, 0.1) is 13.0 Å². The molecule has 4 heteroatoms. The van der Waals surface area contributed by atoms with Crippen LogP contribution in [-0.2, 0) is 9.53 Å². The Morgan fingerprint density at radius 1 is 1.77 bits per heavy atom. The number of carboxylic acid groups (broad SMARTS) is 1. The molecule has 1 heterocycles. The average molecular weight is 187 g/mol. The number of carboxylic acids is 1. The molecular weight excluding hydrogens is 170 g/mol. The van der Waals surface area contributed by atoms with Gasteiger partial charge in [-0.15, -0.1) is 0 Å². The number of carbonyl (C=O) groups is 1. The number of aliphatic carboxylic acids is 1. The normalized spacial score (nSPS) is 27.1. The maximum atomic E-state index is 10.6. The molecule has 1 rings (SSSR count). The zero-order valence-corrected chi connectivity index (χ0v) is 7.95. The van der Waals surface area contributed by atoms with Crippen LogP contribution >= 0.6 is 0 Å². The molecular formula is C9H17NO3. The van der Waals surface area contributed by atoms with Crippen molar-refractivity contribution >= 4 is 5.97 Å². The molecule has 0 spiro atoms. The van der Waals surface area contributed by atoms with E-state index < -0.39 is 5.97 Å². The van der Waals surface area contributed by atoms with E-state index in [9.17, 15) is 4.79 Å². The molecule has 0 radical (unpaired) electrons. The van der Waals surface area contributed by atoms with E-state index in [0.29, 0.717) is 19.1 Å². The summed E-state index contributed by atoms with van der Waals surface area (Å²) in [6.07, 6.45) is 1.07. The van der Waals surface area contributed by atoms with Gasteiger partial charge in [0.2, 0.25) is 0 Å². The highest BCUT2D eigenvalue weighted by Gasteiger charge is 2.37. The van der Waals surface area contributed by atoms with Gasteiger partial charge in [-0.2, -0.15) is 0 Å². The van der Waals surface area contributed by atoms with E-state index >= 15 is 0 Å². The predicted octanol–water partition coefficient (Wildman–Crippen LogP) is 0.463. The zero-order chi connectivity index (χ0) is 9.90. The predicted molar refractivity (Wildman–Crippen MR) is 48.3 cm³/mol. The lowest BCUT2D eigenvalue weighted by molar-refractivity contribution is -0.140. The molecule has 0 amide bonds. The van der Waals surface area contributed by atoms with Crippen molar-refractivity contribution in [3.8, 4) is 0 Å². The summed E-state index contributed by atoms with van der Waals surface area (Å²) in [6, 6.07) is 0. The smallest absolute Gasteiger partial charge is 0.303 e. The van der Waals surface area contributed by atoms with Gasteiger partial charge in [-0.05, 0) is 24.3 Å². The van der Waals surface area contributed by atoms with Gasteiger partial charge in [0.15, 0.2) is 0 Å². The number of hydrogen-bond acceptors (Lipinski definition) is 3. The maximum absolute atomic E-state index is 10.6. The lowest BCUT2D eigenvalue weighted by Crippen LogP contribution is -2.37. The van der Waals surface area contributed by atoms with Crippen molar-refractivity contribution in [1.82, 2.24) is 0 Å².